The molecule has 4 aromatic rings. The first-order valence-corrected chi connectivity index (χ1v) is 10.3. The van der Waals surface area contributed by atoms with Crippen molar-refractivity contribution in [1.29, 1.82) is 0 Å². The van der Waals surface area contributed by atoms with Gasteiger partial charge in [0, 0.05) is 35.5 Å². The van der Waals surface area contributed by atoms with Crippen LogP contribution in [0.3, 0.4) is 0 Å². The van der Waals surface area contributed by atoms with Crippen LogP contribution in [0.5, 0.6) is 5.75 Å². The van der Waals surface area contributed by atoms with Gasteiger partial charge in [0.15, 0.2) is 0 Å². The van der Waals surface area contributed by atoms with Gasteiger partial charge >= 0.3 is 0 Å². The first kappa shape index (κ1) is 19.2. The molecule has 1 fully saturated rings. The van der Waals surface area contributed by atoms with Gasteiger partial charge in [0.05, 0.1) is 11.6 Å². The molecule has 3 aromatic heterocycles. The van der Waals surface area contributed by atoms with Crippen molar-refractivity contribution in [2.24, 2.45) is 5.92 Å². The molecule has 3 heterocycles. The Hall–Kier alpha value is -3.81. The summed E-state index contributed by atoms with van der Waals surface area (Å²) in [5, 5.41) is 11.4. The molecule has 8 heteroatoms. The molecule has 1 aromatic carbocycles. The molecular formula is C23H22N6O2. The standard InChI is InChI=1S/C23H22N6O2/c1-13(2)31-16-3-4-20-19(8-16)22(29-28-20)14-5-6-26-21(7-14)27-23(30)18-9-17(18)15-10-24-12-25-11-15/h3-8,10-13,17-18H,9H2,1-2H3,(H,28,29)(H,26,27,30). The van der Waals surface area contributed by atoms with Crippen molar-refractivity contribution in [3.63, 3.8) is 0 Å². The summed E-state index contributed by atoms with van der Waals surface area (Å²) >= 11 is 0. The number of nitrogens with one attached hydrogen (secondary N) is 2. The van der Waals surface area contributed by atoms with Gasteiger partial charge in [-0.05, 0) is 62.1 Å². The Morgan fingerprint density at radius 3 is 2.84 bits per heavy atom. The summed E-state index contributed by atoms with van der Waals surface area (Å²) in [5.41, 5.74) is 3.56. The summed E-state index contributed by atoms with van der Waals surface area (Å²) in [5.74, 6) is 1.33. The number of carbonyl (C=O) groups excluding carboxylic acids is 1. The summed E-state index contributed by atoms with van der Waals surface area (Å²) < 4.78 is 5.82. The molecule has 5 rings (SSSR count). The van der Waals surface area contributed by atoms with Crippen LogP contribution < -0.4 is 10.1 Å². The zero-order valence-corrected chi connectivity index (χ0v) is 17.2. The van der Waals surface area contributed by atoms with E-state index in [-0.39, 0.29) is 23.8 Å². The minimum atomic E-state index is -0.0848. The average molecular weight is 414 g/mol. The molecule has 0 saturated heterocycles. The summed E-state index contributed by atoms with van der Waals surface area (Å²) in [6.07, 6.45) is 7.58. The van der Waals surface area contributed by atoms with Gasteiger partial charge in [0.1, 0.15) is 23.6 Å². The van der Waals surface area contributed by atoms with Crippen LogP contribution in [0.25, 0.3) is 22.2 Å². The number of ether oxygens (including phenoxy) is 1. The molecule has 1 amide bonds. The first-order valence-electron chi connectivity index (χ1n) is 10.3. The number of H-pyrrole nitrogens is 1. The summed E-state index contributed by atoms with van der Waals surface area (Å²) in [6.45, 7) is 3.99. The lowest BCUT2D eigenvalue weighted by Crippen LogP contribution is -2.15. The molecule has 2 atom stereocenters. The highest BCUT2D eigenvalue weighted by Gasteiger charge is 2.44. The molecule has 0 aliphatic heterocycles. The van der Waals surface area contributed by atoms with E-state index in [0.717, 1.165) is 39.9 Å². The smallest absolute Gasteiger partial charge is 0.229 e. The quantitative estimate of drug-likeness (QED) is 0.495. The van der Waals surface area contributed by atoms with Crippen LogP contribution in [0.2, 0.25) is 0 Å². The van der Waals surface area contributed by atoms with E-state index in [2.05, 4.69) is 30.5 Å². The highest BCUT2D eigenvalue weighted by molar-refractivity contribution is 5.97. The van der Waals surface area contributed by atoms with Crippen molar-refractivity contribution >= 4 is 22.6 Å². The zero-order valence-electron chi connectivity index (χ0n) is 17.2. The van der Waals surface area contributed by atoms with E-state index in [9.17, 15) is 4.79 Å². The fraction of sp³-hybridized carbons (Fsp3) is 0.261. The summed E-state index contributed by atoms with van der Waals surface area (Å²) in [4.78, 5) is 25.1. The fourth-order valence-electron chi connectivity index (χ4n) is 3.78. The van der Waals surface area contributed by atoms with Gasteiger partial charge in [0.2, 0.25) is 5.91 Å². The number of carbonyl (C=O) groups is 1. The van der Waals surface area contributed by atoms with E-state index in [0.29, 0.717) is 5.82 Å². The molecule has 0 bridgehead atoms. The Morgan fingerprint density at radius 2 is 2.03 bits per heavy atom. The number of hydrogen-bond acceptors (Lipinski definition) is 6. The van der Waals surface area contributed by atoms with Crippen molar-refractivity contribution in [2.75, 3.05) is 5.32 Å². The normalized spacial score (nSPS) is 17.6. The van der Waals surface area contributed by atoms with Gasteiger partial charge in [-0.3, -0.25) is 9.89 Å². The molecule has 1 aliphatic carbocycles. The fourth-order valence-corrected chi connectivity index (χ4v) is 3.78. The van der Waals surface area contributed by atoms with Crippen LogP contribution in [0, 0.1) is 5.92 Å². The number of fused-ring (bicyclic) bond motifs is 1. The molecule has 156 valence electrons. The Kier molecular flexibility index (Phi) is 4.82. The number of nitrogens with zero attached hydrogens (tertiary/aromatic N) is 4. The number of anilines is 1. The monoisotopic (exact) mass is 414 g/mol. The van der Waals surface area contributed by atoms with Crippen LogP contribution >= 0.6 is 0 Å². The molecule has 8 nitrogen and oxygen atoms in total. The van der Waals surface area contributed by atoms with Crippen molar-refractivity contribution in [2.45, 2.75) is 32.3 Å². The van der Waals surface area contributed by atoms with Crippen molar-refractivity contribution < 1.29 is 9.53 Å². The maximum absolute atomic E-state index is 12.7. The SMILES string of the molecule is CC(C)Oc1ccc2[nH]nc(-c3ccnc(NC(=O)C4CC4c4cncnc4)c3)c2c1. The lowest BCUT2D eigenvalue weighted by molar-refractivity contribution is -0.117. The van der Waals surface area contributed by atoms with Crippen LogP contribution in [0.4, 0.5) is 5.82 Å². The van der Waals surface area contributed by atoms with Crippen LogP contribution in [-0.2, 0) is 4.79 Å². The Balaban J connectivity index is 1.35. The topological polar surface area (TPSA) is 106 Å². The Labute approximate surface area is 179 Å². The van der Waals surface area contributed by atoms with Crippen molar-refractivity contribution in [1.82, 2.24) is 25.1 Å². The van der Waals surface area contributed by atoms with Gasteiger partial charge in [-0.1, -0.05) is 0 Å². The highest BCUT2D eigenvalue weighted by Crippen LogP contribution is 2.47. The van der Waals surface area contributed by atoms with E-state index in [4.69, 9.17) is 4.74 Å². The third-order valence-corrected chi connectivity index (χ3v) is 5.33. The lowest BCUT2D eigenvalue weighted by Gasteiger charge is -2.09. The molecule has 31 heavy (non-hydrogen) atoms. The van der Waals surface area contributed by atoms with E-state index in [1.807, 2.05) is 44.2 Å². The van der Waals surface area contributed by atoms with E-state index in [1.165, 1.54) is 6.33 Å². The van der Waals surface area contributed by atoms with Gasteiger partial charge in [-0.2, -0.15) is 5.10 Å². The molecule has 1 saturated carbocycles. The third-order valence-electron chi connectivity index (χ3n) is 5.33. The predicted molar refractivity (Wildman–Crippen MR) is 117 cm³/mol. The van der Waals surface area contributed by atoms with E-state index < -0.39 is 0 Å². The van der Waals surface area contributed by atoms with Gasteiger partial charge in [-0.15, -0.1) is 0 Å². The Bertz CT molecular complexity index is 1240. The van der Waals surface area contributed by atoms with Gasteiger partial charge < -0.3 is 10.1 Å². The van der Waals surface area contributed by atoms with Crippen LogP contribution in [0.15, 0.2) is 55.2 Å². The van der Waals surface area contributed by atoms with Gasteiger partial charge in [0.25, 0.3) is 0 Å². The molecule has 1 aliphatic rings. The minimum Gasteiger partial charge on any atom is -0.491 e. The van der Waals surface area contributed by atoms with E-state index in [1.54, 1.807) is 18.6 Å². The van der Waals surface area contributed by atoms with Gasteiger partial charge in [-0.25, -0.2) is 15.0 Å². The maximum Gasteiger partial charge on any atom is 0.229 e. The third kappa shape index (κ3) is 3.96. The molecule has 0 radical (unpaired) electrons. The zero-order chi connectivity index (χ0) is 21.4. The number of rotatable bonds is 6. The number of amides is 1. The number of aromatic amines is 1. The molecule has 2 unspecified atom stereocenters. The van der Waals surface area contributed by atoms with Crippen LogP contribution in [0.1, 0.15) is 31.7 Å². The second kappa shape index (κ2) is 7.79. The maximum atomic E-state index is 12.7. The summed E-state index contributed by atoms with van der Waals surface area (Å²) in [6, 6.07) is 9.57. The van der Waals surface area contributed by atoms with E-state index >= 15 is 0 Å². The summed E-state index contributed by atoms with van der Waals surface area (Å²) in [7, 11) is 0. The second-order valence-electron chi connectivity index (χ2n) is 7.99. The predicted octanol–water partition coefficient (Wildman–Crippen LogP) is 3.94. The molecule has 2 N–H and O–H groups in total. The second-order valence-corrected chi connectivity index (χ2v) is 7.99. The van der Waals surface area contributed by atoms with Crippen molar-refractivity contribution in [3.8, 4) is 17.0 Å². The lowest BCUT2D eigenvalue weighted by atomic mass is 10.1. The number of hydrogen-bond donors (Lipinski definition) is 2. The largest absolute Gasteiger partial charge is 0.491 e. The van der Waals surface area contributed by atoms with Crippen molar-refractivity contribution in [3.05, 3.63) is 60.8 Å². The number of benzene rings is 1. The highest BCUT2D eigenvalue weighted by atomic mass is 16.5. The minimum absolute atomic E-state index is 0.0435. The van der Waals surface area contributed by atoms with Crippen LogP contribution in [-0.4, -0.2) is 37.2 Å². The molecular weight excluding hydrogens is 392 g/mol. The Morgan fingerprint density at radius 1 is 1.19 bits per heavy atom. The molecule has 0 spiro atoms. The number of aromatic nitrogens is 5. The average Bonchev–Trinajstić information content (AvgIpc) is 3.47. The number of pyridine rings is 1. The first-order chi connectivity index (χ1) is 15.1.